The standard InChI is InChI=1S/C26H38N4O/c1-2-27-26(28-16-9-17-30-18-14-25(31)15-19-30)29-21-24(23-12-7-4-8-13-23)20-22-10-5-3-6-11-22/h3-8,10-13,24-25,31H,2,9,14-21H2,1H3,(H2,27,28,29). The first-order valence-corrected chi connectivity index (χ1v) is 11.8. The molecular weight excluding hydrogens is 384 g/mol. The molecule has 2 aromatic rings. The van der Waals surface area contributed by atoms with Gasteiger partial charge in [-0.05, 0) is 50.3 Å². The number of piperidine rings is 1. The van der Waals surface area contributed by atoms with Gasteiger partial charge in [-0.3, -0.25) is 4.99 Å². The highest BCUT2D eigenvalue weighted by Gasteiger charge is 2.16. The van der Waals surface area contributed by atoms with Crippen LogP contribution in [0.3, 0.4) is 0 Å². The van der Waals surface area contributed by atoms with E-state index in [-0.39, 0.29) is 6.10 Å². The van der Waals surface area contributed by atoms with E-state index in [1.807, 2.05) is 0 Å². The van der Waals surface area contributed by atoms with Crippen molar-refractivity contribution in [1.82, 2.24) is 15.5 Å². The fourth-order valence-corrected chi connectivity index (χ4v) is 4.11. The summed E-state index contributed by atoms with van der Waals surface area (Å²) < 4.78 is 0. The van der Waals surface area contributed by atoms with Crippen LogP contribution in [-0.2, 0) is 6.42 Å². The maximum absolute atomic E-state index is 9.65. The first kappa shape index (κ1) is 23.3. The van der Waals surface area contributed by atoms with Crippen LogP contribution in [0, 0.1) is 0 Å². The molecule has 1 heterocycles. The van der Waals surface area contributed by atoms with Crippen molar-refractivity contribution in [2.24, 2.45) is 4.99 Å². The van der Waals surface area contributed by atoms with Gasteiger partial charge in [0.2, 0.25) is 0 Å². The summed E-state index contributed by atoms with van der Waals surface area (Å²) in [5.41, 5.74) is 2.68. The predicted octanol–water partition coefficient (Wildman–Crippen LogP) is 3.41. The summed E-state index contributed by atoms with van der Waals surface area (Å²) in [5.74, 6) is 1.24. The molecule has 31 heavy (non-hydrogen) atoms. The summed E-state index contributed by atoms with van der Waals surface area (Å²) in [6.45, 7) is 7.69. The van der Waals surface area contributed by atoms with E-state index in [0.717, 1.165) is 70.9 Å². The Bertz CT molecular complexity index is 757. The van der Waals surface area contributed by atoms with Crippen molar-refractivity contribution in [3.8, 4) is 0 Å². The third kappa shape index (κ3) is 8.35. The maximum atomic E-state index is 9.65. The molecule has 5 nitrogen and oxygen atoms in total. The minimum atomic E-state index is -0.102. The van der Waals surface area contributed by atoms with Gasteiger partial charge in [-0.15, -0.1) is 0 Å². The highest BCUT2D eigenvalue weighted by molar-refractivity contribution is 5.79. The van der Waals surface area contributed by atoms with Crippen molar-refractivity contribution in [2.45, 2.75) is 44.6 Å². The molecule has 0 spiro atoms. The molecule has 2 aromatic carbocycles. The van der Waals surface area contributed by atoms with Gasteiger partial charge in [-0.1, -0.05) is 60.7 Å². The normalized spacial score (nSPS) is 16.8. The van der Waals surface area contributed by atoms with Gasteiger partial charge in [0.05, 0.1) is 6.10 Å². The number of benzene rings is 2. The Morgan fingerprint density at radius 3 is 2.39 bits per heavy atom. The van der Waals surface area contributed by atoms with Crippen LogP contribution in [-0.4, -0.2) is 61.3 Å². The number of aliphatic hydroxyl groups is 1. The molecule has 1 fully saturated rings. The molecule has 1 aliphatic rings. The number of nitrogens with one attached hydrogen (secondary N) is 2. The Kier molecular flexibility index (Phi) is 9.87. The van der Waals surface area contributed by atoms with Crippen LogP contribution >= 0.6 is 0 Å². The molecular formula is C26H38N4O. The topological polar surface area (TPSA) is 59.9 Å². The van der Waals surface area contributed by atoms with E-state index in [0.29, 0.717) is 5.92 Å². The third-order valence-electron chi connectivity index (χ3n) is 5.91. The Balaban J connectivity index is 1.54. The molecule has 0 aromatic heterocycles. The molecule has 0 radical (unpaired) electrons. The number of likely N-dealkylation sites (tertiary alicyclic amines) is 1. The van der Waals surface area contributed by atoms with Crippen molar-refractivity contribution in [1.29, 1.82) is 0 Å². The number of nitrogens with zero attached hydrogens (tertiary/aromatic N) is 2. The average molecular weight is 423 g/mol. The van der Waals surface area contributed by atoms with Crippen LogP contribution in [0.4, 0.5) is 0 Å². The van der Waals surface area contributed by atoms with Crippen molar-refractivity contribution in [3.63, 3.8) is 0 Å². The highest BCUT2D eigenvalue weighted by atomic mass is 16.3. The summed E-state index contributed by atoms with van der Waals surface area (Å²) in [7, 11) is 0. The zero-order valence-electron chi connectivity index (χ0n) is 18.8. The van der Waals surface area contributed by atoms with Crippen LogP contribution in [0.1, 0.15) is 43.2 Å². The minimum Gasteiger partial charge on any atom is -0.393 e. The molecule has 0 aliphatic carbocycles. The van der Waals surface area contributed by atoms with E-state index < -0.39 is 0 Å². The number of hydrogen-bond acceptors (Lipinski definition) is 3. The largest absolute Gasteiger partial charge is 0.393 e. The van der Waals surface area contributed by atoms with Gasteiger partial charge in [0.15, 0.2) is 5.96 Å². The monoisotopic (exact) mass is 422 g/mol. The molecule has 0 bridgehead atoms. The molecule has 0 saturated carbocycles. The van der Waals surface area contributed by atoms with Gasteiger partial charge < -0.3 is 20.6 Å². The first-order chi connectivity index (χ1) is 15.2. The van der Waals surface area contributed by atoms with E-state index in [1.165, 1.54) is 11.1 Å². The first-order valence-electron chi connectivity index (χ1n) is 11.8. The maximum Gasteiger partial charge on any atom is 0.191 e. The molecule has 3 rings (SSSR count). The molecule has 0 amide bonds. The lowest BCUT2D eigenvalue weighted by molar-refractivity contribution is 0.0823. The fraction of sp³-hybridized carbons (Fsp3) is 0.500. The zero-order chi connectivity index (χ0) is 21.7. The molecule has 168 valence electrons. The molecule has 1 aliphatic heterocycles. The molecule has 1 atom stereocenters. The zero-order valence-corrected chi connectivity index (χ0v) is 18.8. The lowest BCUT2D eigenvalue weighted by Crippen LogP contribution is -2.40. The van der Waals surface area contributed by atoms with Gasteiger partial charge in [0, 0.05) is 38.6 Å². The second kappa shape index (κ2) is 13.1. The Morgan fingerprint density at radius 2 is 1.71 bits per heavy atom. The summed E-state index contributed by atoms with van der Waals surface area (Å²) >= 11 is 0. The number of rotatable bonds is 10. The molecule has 1 unspecified atom stereocenters. The number of aliphatic hydroxyl groups excluding tert-OH is 1. The number of aliphatic imine (C=N–C) groups is 1. The van der Waals surface area contributed by atoms with Crippen LogP contribution in [0.5, 0.6) is 0 Å². The van der Waals surface area contributed by atoms with E-state index in [4.69, 9.17) is 4.99 Å². The Morgan fingerprint density at radius 1 is 1.03 bits per heavy atom. The van der Waals surface area contributed by atoms with Crippen molar-refractivity contribution in [3.05, 3.63) is 71.8 Å². The Labute approximate surface area is 187 Å². The SMILES string of the molecule is CCNC(=NCC(Cc1ccccc1)c1ccccc1)NCCCN1CCC(O)CC1. The van der Waals surface area contributed by atoms with Crippen LogP contribution in [0.25, 0.3) is 0 Å². The van der Waals surface area contributed by atoms with Crippen LogP contribution in [0.15, 0.2) is 65.7 Å². The van der Waals surface area contributed by atoms with Crippen molar-refractivity contribution < 1.29 is 5.11 Å². The van der Waals surface area contributed by atoms with Crippen molar-refractivity contribution in [2.75, 3.05) is 39.3 Å². The van der Waals surface area contributed by atoms with Gasteiger partial charge in [0.1, 0.15) is 0 Å². The van der Waals surface area contributed by atoms with Gasteiger partial charge in [-0.2, -0.15) is 0 Å². The van der Waals surface area contributed by atoms with Gasteiger partial charge in [-0.25, -0.2) is 0 Å². The molecule has 3 N–H and O–H groups in total. The van der Waals surface area contributed by atoms with Gasteiger partial charge in [0.25, 0.3) is 0 Å². The number of guanidine groups is 1. The Hall–Kier alpha value is -2.37. The van der Waals surface area contributed by atoms with E-state index in [9.17, 15) is 5.11 Å². The predicted molar refractivity (Wildman–Crippen MR) is 130 cm³/mol. The smallest absolute Gasteiger partial charge is 0.191 e. The van der Waals surface area contributed by atoms with E-state index in [1.54, 1.807) is 0 Å². The minimum absolute atomic E-state index is 0.102. The third-order valence-corrected chi connectivity index (χ3v) is 5.91. The van der Waals surface area contributed by atoms with Crippen LogP contribution in [0.2, 0.25) is 0 Å². The summed E-state index contributed by atoms with van der Waals surface area (Å²) in [5, 5.41) is 16.5. The van der Waals surface area contributed by atoms with Crippen LogP contribution < -0.4 is 10.6 Å². The second-order valence-corrected chi connectivity index (χ2v) is 8.37. The van der Waals surface area contributed by atoms with Crippen molar-refractivity contribution >= 4 is 5.96 Å². The van der Waals surface area contributed by atoms with E-state index >= 15 is 0 Å². The van der Waals surface area contributed by atoms with E-state index in [2.05, 4.69) is 83.1 Å². The lowest BCUT2D eigenvalue weighted by atomic mass is 9.92. The molecule has 1 saturated heterocycles. The fourth-order valence-electron chi connectivity index (χ4n) is 4.11. The quantitative estimate of drug-likeness (QED) is 0.312. The average Bonchev–Trinajstić information content (AvgIpc) is 2.81. The second-order valence-electron chi connectivity index (χ2n) is 8.37. The van der Waals surface area contributed by atoms with Gasteiger partial charge >= 0.3 is 0 Å². The number of hydrogen-bond donors (Lipinski definition) is 3. The summed E-state index contributed by atoms with van der Waals surface area (Å²) in [6.07, 6.45) is 3.76. The highest BCUT2D eigenvalue weighted by Crippen LogP contribution is 2.21. The lowest BCUT2D eigenvalue weighted by Gasteiger charge is -2.29. The summed E-state index contributed by atoms with van der Waals surface area (Å²) in [6, 6.07) is 21.4. The molecule has 5 heteroatoms. The summed E-state index contributed by atoms with van der Waals surface area (Å²) in [4.78, 5) is 7.38.